The fraction of sp³-hybridized carbons (Fsp3) is 0.615. The SMILES string of the molecule is CC(NCC1(S(C)(=O)=O)CCC1)c1cc(Br)ccn1. The summed E-state index contributed by atoms with van der Waals surface area (Å²) in [5.41, 5.74) is 0.914. The molecule has 1 aliphatic carbocycles. The molecule has 0 bridgehead atoms. The van der Waals surface area contributed by atoms with Gasteiger partial charge in [0.25, 0.3) is 0 Å². The minimum Gasteiger partial charge on any atom is -0.307 e. The summed E-state index contributed by atoms with van der Waals surface area (Å²) >= 11 is 3.41. The molecule has 1 saturated carbocycles. The quantitative estimate of drug-likeness (QED) is 0.889. The minimum atomic E-state index is -3.01. The van der Waals surface area contributed by atoms with E-state index in [1.165, 1.54) is 6.26 Å². The third-order valence-electron chi connectivity index (χ3n) is 3.97. The molecule has 1 fully saturated rings. The first-order valence-corrected chi connectivity index (χ1v) is 9.07. The van der Waals surface area contributed by atoms with Crippen LogP contribution >= 0.6 is 15.9 Å². The molecule has 0 spiro atoms. The monoisotopic (exact) mass is 346 g/mol. The van der Waals surface area contributed by atoms with Gasteiger partial charge in [-0.25, -0.2) is 8.42 Å². The first-order chi connectivity index (χ1) is 8.84. The fourth-order valence-electron chi connectivity index (χ4n) is 2.35. The maximum Gasteiger partial charge on any atom is 0.154 e. The molecule has 2 rings (SSSR count). The van der Waals surface area contributed by atoms with Gasteiger partial charge in [-0.3, -0.25) is 4.98 Å². The van der Waals surface area contributed by atoms with Gasteiger partial charge in [0.15, 0.2) is 9.84 Å². The van der Waals surface area contributed by atoms with E-state index in [0.717, 1.165) is 29.4 Å². The van der Waals surface area contributed by atoms with Gasteiger partial charge in [0.05, 0.1) is 10.4 Å². The van der Waals surface area contributed by atoms with Gasteiger partial charge in [0, 0.05) is 29.5 Å². The molecule has 1 aromatic rings. The summed E-state index contributed by atoms with van der Waals surface area (Å²) in [5, 5.41) is 3.31. The summed E-state index contributed by atoms with van der Waals surface area (Å²) in [6.07, 6.45) is 5.61. The smallest absolute Gasteiger partial charge is 0.154 e. The molecule has 1 heterocycles. The number of halogens is 1. The number of hydrogen-bond acceptors (Lipinski definition) is 4. The lowest BCUT2D eigenvalue weighted by Gasteiger charge is -2.40. The van der Waals surface area contributed by atoms with Gasteiger partial charge >= 0.3 is 0 Å². The van der Waals surface area contributed by atoms with E-state index >= 15 is 0 Å². The number of nitrogens with zero attached hydrogens (tertiary/aromatic N) is 1. The van der Waals surface area contributed by atoms with Gasteiger partial charge in [-0.2, -0.15) is 0 Å². The summed E-state index contributed by atoms with van der Waals surface area (Å²) in [4.78, 5) is 4.30. The third-order valence-corrected chi connectivity index (χ3v) is 6.59. The van der Waals surface area contributed by atoms with Crippen LogP contribution in [0.5, 0.6) is 0 Å². The van der Waals surface area contributed by atoms with Crippen LogP contribution < -0.4 is 5.32 Å². The zero-order valence-electron chi connectivity index (χ0n) is 11.2. The first kappa shape index (κ1) is 14.9. The Kier molecular flexibility index (Phi) is 4.32. The van der Waals surface area contributed by atoms with Crippen LogP contribution in [0.2, 0.25) is 0 Å². The summed E-state index contributed by atoms with van der Waals surface area (Å²) in [6, 6.07) is 3.86. The van der Waals surface area contributed by atoms with E-state index in [4.69, 9.17) is 0 Å². The van der Waals surface area contributed by atoms with Crippen LogP contribution in [0.3, 0.4) is 0 Å². The van der Waals surface area contributed by atoms with Gasteiger partial charge in [0.2, 0.25) is 0 Å². The van der Waals surface area contributed by atoms with Crippen molar-refractivity contribution in [3.63, 3.8) is 0 Å². The van der Waals surface area contributed by atoms with Gasteiger partial charge in [-0.15, -0.1) is 0 Å². The first-order valence-electron chi connectivity index (χ1n) is 6.38. The van der Waals surface area contributed by atoms with Crippen LogP contribution in [0.15, 0.2) is 22.8 Å². The highest BCUT2D eigenvalue weighted by Crippen LogP contribution is 2.38. The maximum absolute atomic E-state index is 11.9. The Balaban J connectivity index is 2.03. The second-order valence-corrected chi connectivity index (χ2v) is 8.64. The van der Waals surface area contributed by atoms with Crippen LogP contribution in [-0.2, 0) is 9.84 Å². The summed E-state index contributed by atoms with van der Waals surface area (Å²) in [7, 11) is -3.01. The normalized spacial score (nSPS) is 19.7. The molecule has 0 amide bonds. The highest BCUT2D eigenvalue weighted by Gasteiger charge is 2.46. The van der Waals surface area contributed by atoms with Crippen molar-refractivity contribution < 1.29 is 8.42 Å². The molecule has 106 valence electrons. The maximum atomic E-state index is 11.9. The highest BCUT2D eigenvalue weighted by molar-refractivity contribution is 9.10. The van der Waals surface area contributed by atoms with Crippen molar-refractivity contribution in [1.29, 1.82) is 0 Å². The summed E-state index contributed by atoms with van der Waals surface area (Å²) in [6.45, 7) is 2.50. The number of pyridine rings is 1. The van der Waals surface area contributed by atoms with Gasteiger partial charge in [-0.1, -0.05) is 22.4 Å². The molecular formula is C13H19BrN2O2S. The van der Waals surface area contributed by atoms with E-state index in [1.54, 1.807) is 6.20 Å². The molecule has 1 atom stereocenters. The Labute approximate surface area is 123 Å². The largest absolute Gasteiger partial charge is 0.307 e. The van der Waals surface area contributed by atoms with Crippen molar-refractivity contribution >= 4 is 25.8 Å². The molecule has 0 radical (unpaired) electrons. The lowest BCUT2D eigenvalue weighted by Crippen LogP contribution is -2.52. The van der Waals surface area contributed by atoms with Crippen LogP contribution in [0.1, 0.15) is 37.9 Å². The molecule has 0 aromatic carbocycles. The van der Waals surface area contributed by atoms with E-state index in [-0.39, 0.29) is 6.04 Å². The van der Waals surface area contributed by atoms with E-state index < -0.39 is 14.6 Å². The molecule has 19 heavy (non-hydrogen) atoms. The number of rotatable bonds is 5. The Morgan fingerprint density at radius 2 is 2.21 bits per heavy atom. The highest BCUT2D eigenvalue weighted by atomic mass is 79.9. The van der Waals surface area contributed by atoms with Crippen LogP contribution in [0, 0.1) is 0 Å². The molecule has 6 heteroatoms. The zero-order valence-corrected chi connectivity index (χ0v) is 13.6. The van der Waals surface area contributed by atoms with Crippen molar-refractivity contribution in [1.82, 2.24) is 10.3 Å². The molecule has 1 aliphatic rings. The summed E-state index contributed by atoms with van der Waals surface area (Å²) < 4.78 is 24.2. The van der Waals surface area contributed by atoms with E-state index in [2.05, 4.69) is 26.2 Å². The molecule has 1 N–H and O–H groups in total. The van der Waals surface area contributed by atoms with Crippen molar-refractivity contribution in [3.8, 4) is 0 Å². The standard InChI is InChI=1S/C13H19BrN2O2S/c1-10(12-8-11(14)4-7-15-12)16-9-13(5-3-6-13)19(2,17)18/h4,7-8,10,16H,3,5-6,9H2,1-2H3. The van der Waals surface area contributed by atoms with E-state index in [9.17, 15) is 8.42 Å². The van der Waals surface area contributed by atoms with Gasteiger partial charge < -0.3 is 5.32 Å². The Bertz CT molecular complexity index is 556. The minimum absolute atomic E-state index is 0.0386. The average molecular weight is 347 g/mol. The molecule has 1 aromatic heterocycles. The number of nitrogens with one attached hydrogen (secondary N) is 1. The molecule has 1 unspecified atom stereocenters. The predicted octanol–water partition coefficient (Wildman–Crippen LogP) is 2.46. The second kappa shape index (κ2) is 5.50. The van der Waals surface area contributed by atoms with Gasteiger partial charge in [0.1, 0.15) is 0 Å². The second-order valence-electron chi connectivity index (χ2n) is 5.31. The molecule has 0 saturated heterocycles. The lowest BCUT2D eigenvalue weighted by molar-refractivity contribution is 0.313. The molecular weight excluding hydrogens is 328 g/mol. The van der Waals surface area contributed by atoms with Crippen LogP contribution in [-0.4, -0.2) is 30.9 Å². The van der Waals surface area contributed by atoms with E-state index in [0.29, 0.717) is 6.54 Å². The van der Waals surface area contributed by atoms with Crippen LogP contribution in [0.4, 0.5) is 0 Å². The number of aromatic nitrogens is 1. The van der Waals surface area contributed by atoms with Crippen molar-refractivity contribution in [3.05, 3.63) is 28.5 Å². The fourth-order valence-corrected chi connectivity index (χ4v) is 4.08. The third kappa shape index (κ3) is 3.17. The Morgan fingerprint density at radius 1 is 1.53 bits per heavy atom. The predicted molar refractivity (Wildman–Crippen MR) is 79.8 cm³/mol. The summed E-state index contributed by atoms with van der Waals surface area (Å²) in [5.74, 6) is 0. The van der Waals surface area contributed by atoms with Gasteiger partial charge in [-0.05, 0) is 31.9 Å². The van der Waals surface area contributed by atoms with Crippen LogP contribution in [0.25, 0.3) is 0 Å². The lowest BCUT2D eigenvalue weighted by atomic mass is 9.84. The Morgan fingerprint density at radius 3 is 2.68 bits per heavy atom. The molecule has 0 aliphatic heterocycles. The van der Waals surface area contributed by atoms with Crippen molar-refractivity contribution in [2.75, 3.05) is 12.8 Å². The van der Waals surface area contributed by atoms with Crippen molar-refractivity contribution in [2.24, 2.45) is 0 Å². The number of hydrogen-bond donors (Lipinski definition) is 1. The zero-order chi connectivity index (χ0) is 14.1. The molecule has 4 nitrogen and oxygen atoms in total. The van der Waals surface area contributed by atoms with E-state index in [1.807, 2.05) is 19.1 Å². The van der Waals surface area contributed by atoms with Crippen molar-refractivity contribution in [2.45, 2.75) is 37.0 Å². The number of sulfone groups is 1. The average Bonchev–Trinajstić information content (AvgIpc) is 2.25. The Hall–Kier alpha value is -0.460. The topological polar surface area (TPSA) is 59.1 Å².